The zero-order valence-corrected chi connectivity index (χ0v) is 11.7. The summed E-state index contributed by atoms with van der Waals surface area (Å²) in [4.78, 5) is 41.1. The van der Waals surface area contributed by atoms with E-state index in [1.54, 1.807) is 17.5 Å². The van der Waals surface area contributed by atoms with E-state index in [0.717, 1.165) is 0 Å². The first-order valence-corrected chi connectivity index (χ1v) is 6.83. The standard InChI is InChI=1S/C14H9NO5S/c1-19-14-10(6-7-21-14)13(18)20-15-11(16)8-4-2-3-5-9(8)12(15)17/h2-7H,1H3. The van der Waals surface area contributed by atoms with Crippen LogP contribution in [0.25, 0.3) is 0 Å². The number of hydroxylamine groups is 2. The molecule has 0 fully saturated rings. The van der Waals surface area contributed by atoms with Crippen LogP contribution in [0.2, 0.25) is 0 Å². The second-order valence-corrected chi connectivity index (χ2v) is 5.03. The minimum Gasteiger partial charge on any atom is -0.487 e. The molecule has 0 bridgehead atoms. The molecule has 1 aromatic carbocycles. The third kappa shape index (κ3) is 2.07. The second kappa shape index (κ2) is 5.02. The smallest absolute Gasteiger partial charge is 0.368 e. The Balaban J connectivity index is 1.86. The van der Waals surface area contributed by atoms with Gasteiger partial charge in [-0.15, -0.1) is 11.3 Å². The number of hydrogen-bond donors (Lipinski definition) is 0. The molecule has 3 rings (SSSR count). The van der Waals surface area contributed by atoms with E-state index in [2.05, 4.69) is 0 Å². The quantitative estimate of drug-likeness (QED) is 0.812. The van der Waals surface area contributed by atoms with Gasteiger partial charge in [-0.05, 0) is 23.6 Å². The van der Waals surface area contributed by atoms with E-state index in [4.69, 9.17) is 9.57 Å². The number of hydrogen-bond acceptors (Lipinski definition) is 6. The van der Waals surface area contributed by atoms with Crippen LogP contribution in [0.4, 0.5) is 0 Å². The van der Waals surface area contributed by atoms with Crippen LogP contribution < -0.4 is 4.74 Å². The first-order valence-electron chi connectivity index (χ1n) is 5.95. The Kier molecular flexibility index (Phi) is 3.19. The van der Waals surface area contributed by atoms with Gasteiger partial charge >= 0.3 is 5.97 Å². The lowest BCUT2D eigenvalue weighted by Gasteiger charge is -2.12. The average Bonchev–Trinajstić information content (AvgIpc) is 3.07. The fraction of sp³-hybridized carbons (Fsp3) is 0.0714. The molecule has 21 heavy (non-hydrogen) atoms. The van der Waals surface area contributed by atoms with Crippen molar-refractivity contribution in [3.63, 3.8) is 0 Å². The van der Waals surface area contributed by atoms with Crippen LogP contribution in [0.1, 0.15) is 31.1 Å². The zero-order valence-electron chi connectivity index (χ0n) is 10.9. The van der Waals surface area contributed by atoms with E-state index in [9.17, 15) is 14.4 Å². The van der Waals surface area contributed by atoms with Gasteiger partial charge in [0.05, 0.1) is 18.2 Å². The number of fused-ring (bicyclic) bond motifs is 1. The van der Waals surface area contributed by atoms with E-state index in [1.807, 2.05) is 0 Å². The van der Waals surface area contributed by atoms with Gasteiger partial charge in [0.1, 0.15) is 5.56 Å². The van der Waals surface area contributed by atoms with Crippen molar-refractivity contribution in [2.45, 2.75) is 0 Å². The van der Waals surface area contributed by atoms with Crippen molar-refractivity contribution in [2.75, 3.05) is 7.11 Å². The molecule has 0 spiro atoms. The normalized spacial score (nSPS) is 13.3. The fourth-order valence-corrected chi connectivity index (χ4v) is 2.69. The summed E-state index contributed by atoms with van der Waals surface area (Å²) in [6, 6.07) is 7.79. The van der Waals surface area contributed by atoms with Gasteiger partial charge in [0.2, 0.25) is 0 Å². The Labute approximate surface area is 123 Å². The lowest BCUT2D eigenvalue weighted by atomic mass is 10.1. The number of ether oxygens (including phenoxy) is 1. The van der Waals surface area contributed by atoms with Crippen LogP contribution in [0, 0.1) is 0 Å². The van der Waals surface area contributed by atoms with Crippen LogP contribution in [0.15, 0.2) is 35.7 Å². The van der Waals surface area contributed by atoms with E-state index < -0.39 is 17.8 Å². The Hall–Kier alpha value is -2.67. The summed E-state index contributed by atoms with van der Waals surface area (Å²) < 4.78 is 5.02. The van der Waals surface area contributed by atoms with Crippen molar-refractivity contribution in [1.82, 2.24) is 5.06 Å². The number of thiophene rings is 1. The molecule has 1 aromatic heterocycles. The molecule has 106 valence electrons. The lowest BCUT2D eigenvalue weighted by Crippen LogP contribution is -2.32. The molecule has 1 aliphatic heterocycles. The minimum absolute atomic E-state index is 0.166. The summed E-state index contributed by atoms with van der Waals surface area (Å²) in [6.07, 6.45) is 0. The minimum atomic E-state index is -0.817. The molecule has 2 aromatic rings. The van der Waals surface area contributed by atoms with Crippen LogP contribution in [-0.2, 0) is 4.84 Å². The number of nitrogens with zero attached hydrogens (tertiary/aromatic N) is 1. The highest BCUT2D eigenvalue weighted by Crippen LogP contribution is 2.28. The van der Waals surface area contributed by atoms with Crippen molar-refractivity contribution in [3.8, 4) is 5.06 Å². The van der Waals surface area contributed by atoms with Crippen LogP contribution in [-0.4, -0.2) is 30.0 Å². The summed E-state index contributed by atoms with van der Waals surface area (Å²) in [5.74, 6) is -2.13. The number of benzene rings is 1. The molecule has 2 heterocycles. The van der Waals surface area contributed by atoms with Gasteiger partial charge in [0, 0.05) is 0 Å². The van der Waals surface area contributed by atoms with Crippen molar-refractivity contribution in [1.29, 1.82) is 0 Å². The molecular formula is C14H9NO5S. The van der Waals surface area contributed by atoms with Crippen molar-refractivity contribution >= 4 is 29.1 Å². The Bertz CT molecular complexity index is 716. The number of carbonyl (C=O) groups excluding carboxylic acids is 3. The van der Waals surface area contributed by atoms with Crippen LogP contribution in [0.5, 0.6) is 5.06 Å². The highest BCUT2D eigenvalue weighted by molar-refractivity contribution is 7.12. The molecule has 0 saturated heterocycles. The van der Waals surface area contributed by atoms with Gasteiger partial charge in [-0.25, -0.2) is 4.79 Å². The molecule has 0 atom stereocenters. The first kappa shape index (κ1) is 13.3. The number of imide groups is 1. The Morgan fingerprint density at radius 3 is 2.29 bits per heavy atom. The fourth-order valence-electron chi connectivity index (χ4n) is 1.99. The van der Waals surface area contributed by atoms with Crippen molar-refractivity contribution in [2.24, 2.45) is 0 Å². The number of rotatable bonds is 3. The van der Waals surface area contributed by atoms with Gasteiger partial charge in [-0.2, -0.15) is 0 Å². The maximum Gasteiger partial charge on any atom is 0.368 e. The third-order valence-corrected chi connectivity index (χ3v) is 3.84. The lowest BCUT2D eigenvalue weighted by molar-refractivity contribution is -0.0585. The largest absolute Gasteiger partial charge is 0.487 e. The predicted octanol–water partition coefficient (Wildman–Crippen LogP) is 2.12. The SMILES string of the molecule is COc1sccc1C(=O)ON1C(=O)c2ccccc2C1=O. The summed E-state index contributed by atoms with van der Waals surface area (Å²) in [7, 11) is 1.42. The van der Waals surface area contributed by atoms with Gasteiger partial charge in [0.25, 0.3) is 11.8 Å². The number of carbonyl (C=O) groups is 3. The number of methoxy groups -OCH3 is 1. The molecular weight excluding hydrogens is 294 g/mol. The highest BCUT2D eigenvalue weighted by Gasteiger charge is 2.39. The van der Waals surface area contributed by atoms with Gasteiger partial charge in [-0.1, -0.05) is 17.2 Å². The van der Waals surface area contributed by atoms with E-state index in [-0.39, 0.29) is 16.7 Å². The van der Waals surface area contributed by atoms with Crippen molar-refractivity contribution < 1.29 is 24.0 Å². The maximum absolute atomic E-state index is 12.1. The summed E-state index contributed by atoms with van der Waals surface area (Å²) >= 11 is 1.21. The molecule has 2 amide bonds. The van der Waals surface area contributed by atoms with Crippen LogP contribution in [0.3, 0.4) is 0 Å². The Morgan fingerprint density at radius 2 is 1.71 bits per heavy atom. The molecule has 0 aliphatic carbocycles. The molecule has 1 aliphatic rings. The topological polar surface area (TPSA) is 72.9 Å². The molecule has 7 heteroatoms. The summed E-state index contributed by atoms with van der Waals surface area (Å²) in [5, 5.41) is 2.48. The molecule has 0 radical (unpaired) electrons. The predicted molar refractivity (Wildman–Crippen MR) is 73.2 cm³/mol. The van der Waals surface area contributed by atoms with Gasteiger partial charge in [-0.3, -0.25) is 9.59 Å². The molecule has 0 unspecified atom stereocenters. The van der Waals surface area contributed by atoms with Gasteiger partial charge < -0.3 is 9.57 Å². The maximum atomic E-state index is 12.1. The van der Waals surface area contributed by atoms with E-state index in [0.29, 0.717) is 10.1 Å². The van der Waals surface area contributed by atoms with Crippen molar-refractivity contribution in [3.05, 3.63) is 52.4 Å². The zero-order chi connectivity index (χ0) is 15.0. The van der Waals surface area contributed by atoms with Crippen LogP contribution >= 0.6 is 11.3 Å². The Morgan fingerprint density at radius 1 is 1.10 bits per heavy atom. The highest BCUT2D eigenvalue weighted by atomic mass is 32.1. The molecule has 0 saturated carbocycles. The first-order chi connectivity index (χ1) is 10.1. The number of amides is 2. The molecule has 0 N–H and O–H groups in total. The average molecular weight is 303 g/mol. The molecule has 6 nitrogen and oxygen atoms in total. The summed E-state index contributed by atoms with van der Waals surface area (Å²) in [5.41, 5.74) is 0.597. The van der Waals surface area contributed by atoms with Gasteiger partial charge in [0.15, 0.2) is 5.06 Å². The summed E-state index contributed by atoms with van der Waals surface area (Å²) in [6.45, 7) is 0. The van der Waals surface area contributed by atoms with E-state index >= 15 is 0 Å². The third-order valence-electron chi connectivity index (χ3n) is 2.97. The van der Waals surface area contributed by atoms with E-state index in [1.165, 1.54) is 36.6 Å². The monoisotopic (exact) mass is 303 g/mol. The second-order valence-electron chi connectivity index (χ2n) is 4.15.